The van der Waals surface area contributed by atoms with Crippen LogP contribution in [0.4, 0.5) is 0 Å². The molecule has 2 saturated heterocycles. The zero-order valence-electron chi connectivity index (χ0n) is 13.0. The van der Waals surface area contributed by atoms with Crippen LogP contribution in [-0.2, 0) is 0 Å². The Morgan fingerprint density at radius 2 is 1.84 bits per heavy atom. The molecule has 2 rings (SSSR count). The molecule has 0 radical (unpaired) electrons. The van der Waals surface area contributed by atoms with Crippen LogP contribution in [0, 0.1) is 5.41 Å². The van der Waals surface area contributed by atoms with E-state index in [4.69, 9.17) is 5.73 Å². The van der Waals surface area contributed by atoms with E-state index in [1.807, 2.05) is 0 Å². The molecular weight excluding hydrogens is 254 g/mol. The van der Waals surface area contributed by atoms with E-state index in [0.717, 1.165) is 12.3 Å². The van der Waals surface area contributed by atoms with Crippen molar-refractivity contribution >= 4 is 11.8 Å². The van der Waals surface area contributed by atoms with Gasteiger partial charge in [-0.2, -0.15) is 11.8 Å². The Bertz CT molecular complexity index is 298. The van der Waals surface area contributed by atoms with E-state index in [9.17, 15) is 0 Å². The van der Waals surface area contributed by atoms with Crippen molar-refractivity contribution in [1.82, 2.24) is 10.4 Å². The molecule has 0 spiro atoms. The minimum atomic E-state index is 0.0896. The summed E-state index contributed by atoms with van der Waals surface area (Å²) in [6.45, 7) is 10.2. The van der Waals surface area contributed by atoms with Crippen LogP contribution >= 0.6 is 11.8 Å². The van der Waals surface area contributed by atoms with Gasteiger partial charge >= 0.3 is 0 Å². The first kappa shape index (κ1) is 15.6. The molecule has 0 aromatic rings. The maximum absolute atomic E-state index is 6.16. The van der Waals surface area contributed by atoms with Gasteiger partial charge in [-0.25, -0.2) is 10.4 Å². The fourth-order valence-corrected chi connectivity index (χ4v) is 5.14. The summed E-state index contributed by atoms with van der Waals surface area (Å²) < 4.78 is 0. The van der Waals surface area contributed by atoms with E-state index in [-0.39, 0.29) is 5.54 Å². The summed E-state index contributed by atoms with van der Waals surface area (Å²) in [6, 6.07) is 1.25. The van der Waals surface area contributed by atoms with Crippen molar-refractivity contribution in [2.24, 2.45) is 11.1 Å². The molecule has 3 nitrogen and oxygen atoms in total. The summed E-state index contributed by atoms with van der Waals surface area (Å²) in [5.74, 6) is 2.39. The quantitative estimate of drug-likeness (QED) is 0.836. The topological polar surface area (TPSA) is 41.3 Å². The summed E-state index contributed by atoms with van der Waals surface area (Å²) in [7, 11) is 0. The highest BCUT2D eigenvalue weighted by Crippen LogP contribution is 2.39. The molecule has 0 aliphatic carbocycles. The van der Waals surface area contributed by atoms with Crippen LogP contribution in [0.5, 0.6) is 0 Å². The fourth-order valence-electron chi connectivity index (χ4n) is 3.70. The first-order chi connectivity index (χ1) is 8.87. The first-order valence-electron chi connectivity index (χ1n) is 7.71. The van der Waals surface area contributed by atoms with Crippen molar-refractivity contribution in [3.05, 3.63) is 0 Å². The molecule has 2 fully saturated rings. The average Bonchev–Trinajstić information content (AvgIpc) is 2.33. The molecule has 4 heteroatoms. The van der Waals surface area contributed by atoms with Gasteiger partial charge in [0.2, 0.25) is 0 Å². The standard InChI is InChI=1S/C15H31N3S/c1-12-6-5-7-13(2)18(12)17-15(9-16)8-14(3,4)10-19-11-15/h12-13,17H,5-11,16H2,1-4H3. The summed E-state index contributed by atoms with van der Waals surface area (Å²) >= 11 is 2.06. The van der Waals surface area contributed by atoms with Crippen LogP contribution in [0.2, 0.25) is 0 Å². The number of nitrogens with one attached hydrogen (secondary N) is 1. The molecule has 2 aliphatic heterocycles. The van der Waals surface area contributed by atoms with Crippen molar-refractivity contribution < 1.29 is 0 Å². The van der Waals surface area contributed by atoms with Crippen molar-refractivity contribution in [2.75, 3.05) is 18.1 Å². The average molecular weight is 286 g/mol. The predicted molar refractivity (Wildman–Crippen MR) is 85.3 cm³/mol. The van der Waals surface area contributed by atoms with Gasteiger partial charge in [-0.15, -0.1) is 0 Å². The number of rotatable bonds is 3. The molecule has 3 atom stereocenters. The first-order valence-corrected chi connectivity index (χ1v) is 8.87. The number of hydrogen-bond donors (Lipinski definition) is 2. The molecule has 3 N–H and O–H groups in total. The molecule has 19 heavy (non-hydrogen) atoms. The van der Waals surface area contributed by atoms with Gasteiger partial charge in [0.15, 0.2) is 0 Å². The lowest BCUT2D eigenvalue weighted by Crippen LogP contribution is -2.67. The van der Waals surface area contributed by atoms with Crippen LogP contribution in [0.3, 0.4) is 0 Å². The Balaban J connectivity index is 2.09. The van der Waals surface area contributed by atoms with Crippen molar-refractivity contribution in [2.45, 2.75) is 71.0 Å². The van der Waals surface area contributed by atoms with E-state index in [0.29, 0.717) is 17.5 Å². The monoisotopic (exact) mass is 285 g/mol. The van der Waals surface area contributed by atoms with Crippen LogP contribution in [0.1, 0.15) is 53.4 Å². The highest BCUT2D eigenvalue weighted by Gasteiger charge is 2.42. The van der Waals surface area contributed by atoms with Gasteiger partial charge in [-0.05, 0) is 44.3 Å². The predicted octanol–water partition coefficient (Wildman–Crippen LogP) is 2.61. The second kappa shape index (κ2) is 5.92. The largest absolute Gasteiger partial charge is 0.329 e. The fraction of sp³-hybridized carbons (Fsp3) is 1.00. The summed E-state index contributed by atoms with van der Waals surface area (Å²) in [5.41, 5.74) is 10.5. The summed E-state index contributed by atoms with van der Waals surface area (Å²) in [5, 5.41) is 2.50. The van der Waals surface area contributed by atoms with E-state index in [2.05, 4.69) is 49.9 Å². The normalized spacial score (nSPS) is 40.3. The van der Waals surface area contributed by atoms with Crippen LogP contribution in [0.25, 0.3) is 0 Å². The highest BCUT2D eigenvalue weighted by atomic mass is 32.2. The Hall–Kier alpha value is 0.230. The minimum absolute atomic E-state index is 0.0896. The molecule has 0 aromatic heterocycles. The van der Waals surface area contributed by atoms with Gasteiger partial charge in [0.25, 0.3) is 0 Å². The number of nitrogens with two attached hydrogens (primary N) is 1. The number of hydrogen-bond acceptors (Lipinski definition) is 4. The van der Waals surface area contributed by atoms with Gasteiger partial charge < -0.3 is 5.73 Å². The third-order valence-electron chi connectivity index (χ3n) is 4.64. The third-order valence-corrected chi connectivity index (χ3v) is 6.38. The van der Waals surface area contributed by atoms with Crippen LogP contribution < -0.4 is 11.2 Å². The highest BCUT2D eigenvalue weighted by molar-refractivity contribution is 7.99. The summed E-state index contributed by atoms with van der Waals surface area (Å²) in [6.07, 6.45) is 5.14. The lowest BCUT2D eigenvalue weighted by Gasteiger charge is -2.50. The lowest BCUT2D eigenvalue weighted by molar-refractivity contribution is -0.00395. The molecule has 0 bridgehead atoms. The van der Waals surface area contributed by atoms with E-state index in [1.165, 1.54) is 31.4 Å². The van der Waals surface area contributed by atoms with Gasteiger partial charge in [0, 0.05) is 24.4 Å². The molecule has 2 aliphatic rings. The Morgan fingerprint density at radius 1 is 1.21 bits per heavy atom. The van der Waals surface area contributed by atoms with Crippen LogP contribution in [-0.4, -0.2) is 40.7 Å². The second-order valence-electron chi connectivity index (χ2n) is 7.47. The van der Waals surface area contributed by atoms with Gasteiger partial charge in [0.1, 0.15) is 0 Å². The maximum atomic E-state index is 6.16. The Morgan fingerprint density at radius 3 is 2.37 bits per heavy atom. The van der Waals surface area contributed by atoms with Gasteiger partial charge in [-0.3, -0.25) is 0 Å². The SMILES string of the molecule is CC1CCCC(C)N1NC1(CN)CSCC(C)(C)C1. The van der Waals surface area contributed by atoms with Crippen molar-refractivity contribution in [3.8, 4) is 0 Å². The molecule has 0 saturated carbocycles. The Labute approximate surface area is 123 Å². The third kappa shape index (κ3) is 3.66. The lowest BCUT2D eigenvalue weighted by atomic mass is 9.80. The van der Waals surface area contributed by atoms with Gasteiger partial charge in [0.05, 0.1) is 5.54 Å². The number of hydrazine groups is 1. The van der Waals surface area contributed by atoms with Crippen LogP contribution in [0.15, 0.2) is 0 Å². The molecule has 0 amide bonds. The minimum Gasteiger partial charge on any atom is -0.329 e. The van der Waals surface area contributed by atoms with Gasteiger partial charge in [-0.1, -0.05) is 20.3 Å². The number of thioether (sulfide) groups is 1. The zero-order valence-corrected chi connectivity index (χ0v) is 13.9. The zero-order chi connectivity index (χ0) is 14.1. The molecule has 3 unspecified atom stereocenters. The van der Waals surface area contributed by atoms with E-state index in [1.54, 1.807) is 0 Å². The maximum Gasteiger partial charge on any atom is 0.0543 e. The number of nitrogens with zero attached hydrogens (tertiary/aromatic N) is 1. The van der Waals surface area contributed by atoms with Crippen molar-refractivity contribution in [3.63, 3.8) is 0 Å². The summed E-state index contributed by atoms with van der Waals surface area (Å²) in [4.78, 5) is 0. The second-order valence-corrected chi connectivity index (χ2v) is 8.45. The Kier molecular flexibility index (Phi) is 4.87. The molecular formula is C15H31N3S. The molecule has 2 heterocycles. The van der Waals surface area contributed by atoms with Crippen molar-refractivity contribution in [1.29, 1.82) is 0 Å². The number of piperidine rings is 1. The van der Waals surface area contributed by atoms with E-state index < -0.39 is 0 Å². The molecule has 112 valence electrons. The molecule has 0 aromatic carbocycles. The van der Waals surface area contributed by atoms with E-state index >= 15 is 0 Å². The smallest absolute Gasteiger partial charge is 0.0543 e.